The summed E-state index contributed by atoms with van der Waals surface area (Å²) in [6.45, 7) is 1.23. The first-order valence-corrected chi connectivity index (χ1v) is 8.79. The van der Waals surface area contributed by atoms with Crippen LogP contribution in [0.1, 0.15) is 29.6 Å². The highest BCUT2D eigenvalue weighted by molar-refractivity contribution is 9.10. The first-order valence-electron chi connectivity index (χ1n) is 6.45. The lowest BCUT2D eigenvalue weighted by molar-refractivity contribution is 0.0952. The Morgan fingerprint density at radius 1 is 1.29 bits per heavy atom. The number of primary sulfonamides is 1. The van der Waals surface area contributed by atoms with Crippen LogP contribution in [-0.2, 0) is 14.8 Å². The molecule has 0 bridgehead atoms. The fraction of sp³-hybridized carbons (Fsp3) is 0.462. The van der Waals surface area contributed by atoms with E-state index in [9.17, 15) is 13.2 Å². The number of rotatable bonds is 8. The number of methoxy groups -OCH3 is 1. The molecular weight excluding hydrogens is 360 g/mol. The van der Waals surface area contributed by atoms with Crippen molar-refractivity contribution in [2.45, 2.75) is 24.2 Å². The molecule has 0 spiro atoms. The SMILES string of the molecule is COCCCCCNC(=O)c1cc(Br)cc(S(N)(=O)=O)c1. The van der Waals surface area contributed by atoms with Crippen LogP contribution in [0.15, 0.2) is 27.6 Å². The number of nitrogens with one attached hydrogen (secondary N) is 1. The van der Waals surface area contributed by atoms with E-state index in [1.54, 1.807) is 13.2 Å². The molecule has 0 atom stereocenters. The van der Waals surface area contributed by atoms with Crippen LogP contribution in [0.2, 0.25) is 0 Å². The molecule has 0 unspecified atom stereocenters. The second-order valence-electron chi connectivity index (χ2n) is 4.53. The largest absolute Gasteiger partial charge is 0.385 e. The summed E-state index contributed by atoms with van der Waals surface area (Å²) in [6.07, 6.45) is 2.74. The van der Waals surface area contributed by atoms with Gasteiger partial charge < -0.3 is 10.1 Å². The Bertz CT molecular complexity index is 590. The van der Waals surface area contributed by atoms with Crippen molar-refractivity contribution in [3.8, 4) is 0 Å². The average Bonchev–Trinajstić information content (AvgIpc) is 2.40. The molecule has 1 aromatic rings. The summed E-state index contributed by atoms with van der Waals surface area (Å²) in [5.74, 6) is -0.326. The summed E-state index contributed by atoms with van der Waals surface area (Å²) in [4.78, 5) is 11.9. The van der Waals surface area contributed by atoms with Gasteiger partial charge in [-0.15, -0.1) is 0 Å². The van der Waals surface area contributed by atoms with E-state index in [2.05, 4.69) is 21.2 Å². The van der Waals surface area contributed by atoms with Crippen molar-refractivity contribution < 1.29 is 17.9 Å². The molecule has 8 heteroatoms. The minimum Gasteiger partial charge on any atom is -0.385 e. The topological polar surface area (TPSA) is 98.5 Å². The molecule has 0 aliphatic rings. The number of carbonyl (C=O) groups is 1. The standard InChI is InChI=1S/C13H19BrN2O4S/c1-20-6-4-2-3-5-16-13(17)10-7-11(14)9-12(8-10)21(15,18)19/h7-9H,2-6H2,1H3,(H,16,17)(H2,15,18,19). The van der Waals surface area contributed by atoms with Gasteiger partial charge in [0, 0.05) is 30.3 Å². The first kappa shape index (κ1) is 18.1. The summed E-state index contributed by atoms with van der Waals surface area (Å²) in [6, 6.07) is 4.17. The van der Waals surface area contributed by atoms with Crippen molar-refractivity contribution in [2.75, 3.05) is 20.3 Å². The molecule has 0 aliphatic carbocycles. The molecule has 1 aromatic carbocycles. The Hall–Kier alpha value is -0.960. The van der Waals surface area contributed by atoms with Gasteiger partial charge in [0.05, 0.1) is 4.90 Å². The number of ether oxygens (including phenoxy) is 1. The minimum atomic E-state index is -3.84. The fourth-order valence-electron chi connectivity index (χ4n) is 1.71. The van der Waals surface area contributed by atoms with Gasteiger partial charge in [-0.25, -0.2) is 13.6 Å². The number of carbonyl (C=O) groups excluding carboxylic acids is 1. The molecule has 0 heterocycles. The maximum atomic E-state index is 12.0. The lowest BCUT2D eigenvalue weighted by atomic mass is 10.2. The Balaban J connectivity index is 2.60. The molecule has 6 nitrogen and oxygen atoms in total. The van der Waals surface area contributed by atoms with Crippen LogP contribution in [0.3, 0.4) is 0 Å². The molecule has 3 N–H and O–H groups in total. The molecule has 21 heavy (non-hydrogen) atoms. The third-order valence-corrected chi connectivity index (χ3v) is 4.12. The third kappa shape index (κ3) is 6.56. The Kier molecular flexibility index (Phi) is 7.30. The van der Waals surface area contributed by atoms with E-state index in [-0.39, 0.29) is 16.4 Å². The van der Waals surface area contributed by atoms with E-state index in [1.807, 2.05) is 0 Å². The molecule has 118 valence electrons. The van der Waals surface area contributed by atoms with E-state index in [0.29, 0.717) is 17.6 Å². The van der Waals surface area contributed by atoms with Crippen molar-refractivity contribution in [3.05, 3.63) is 28.2 Å². The van der Waals surface area contributed by atoms with Crippen molar-refractivity contribution >= 4 is 31.9 Å². The Morgan fingerprint density at radius 3 is 2.62 bits per heavy atom. The summed E-state index contributed by atoms with van der Waals surface area (Å²) in [7, 11) is -2.19. The lowest BCUT2D eigenvalue weighted by Gasteiger charge is -2.07. The van der Waals surface area contributed by atoms with Crippen LogP contribution < -0.4 is 10.5 Å². The second kappa shape index (κ2) is 8.47. The Labute approximate surface area is 133 Å². The van der Waals surface area contributed by atoms with Crippen LogP contribution in [0, 0.1) is 0 Å². The summed E-state index contributed by atoms with van der Waals surface area (Å²) in [5.41, 5.74) is 0.255. The van der Waals surface area contributed by atoms with Crippen molar-refractivity contribution in [3.63, 3.8) is 0 Å². The van der Waals surface area contributed by atoms with Gasteiger partial charge in [0.25, 0.3) is 5.91 Å². The van der Waals surface area contributed by atoms with E-state index >= 15 is 0 Å². The number of hydrogen-bond donors (Lipinski definition) is 2. The number of unbranched alkanes of at least 4 members (excludes halogenated alkanes) is 2. The average molecular weight is 379 g/mol. The van der Waals surface area contributed by atoms with E-state index < -0.39 is 10.0 Å². The van der Waals surface area contributed by atoms with Gasteiger partial charge in [0.2, 0.25) is 10.0 Å². The highest BCUT2D eigenvalue weighted by Crippen LogP contribution is 2.18. The summed E-state index contributed by atoms with van der Waals surface area (Å²) >= 11 is 3.17. The molecule has 0 saturated carbocycles. The van der Waals surface area contributed by atoms with E-state index in [4.69, 9.17) is 9.88 Å². The number of hydrogen-bond acceptors (Lipinski definition) is 4. The monoisotopic (exact) mass is 378 g/mol. The molecule has 0 aromatic heterocycles. The molecule has 0 saturated heterocycles. The number of nitrogens with two attached hydrogens (primary N) is 1. The smallest absolute Gasteiger partial charge is 0.251 e. The number of amides is 1. The predicted molar refractivity (Wildman–Crippen MR) is 83.6 cm³/mol. The third-order valence-electron chi connectivity index (χ3n) is 2.77. The zero-order valence-electron chi connectivity index (χ0n) is 11.8. The highest BCUT2D eigenvalue weighted by atomic mass is 79.9. The van der Waals surface area contributed by atoms with Crippen LogP contribution in [-0.4, -0.2) is 34.6 Å². The minimum absolute atomic E-state index is 0.0953. The zero-order valence-corrected chi connectivity index (χ0v) is 14.2. The lowest BCUT2D eigenvalue weighted by Crippen LogP contribution is -2.25. The molecular formula is C13H19BrN2O4S. The van der Waals surface area contributed by atoms with Gasteiger partial charge in [0.15, 0.2) is 0 Å². The van der Waals surface area contributed by atoms with Crippen LogP contribution >= 0.6 is 15.9 Å². The second-order valence-corrected chi connectivity index (χ2v) is 7.01. The van der Waals surface area contributed by atoms with Gasteiger partial charge >= 0.3 is 0 Å². The van der Waals surface area contributed by atoms with Gasteiger partial charge in [-0.3, -0.25) is 4.79 Å². The summed E-state index contributed by atoms with van der Waals surface area (Å²) < 4.78 is 28.1. The molecule has 1 amide bonds. The number of halogens is 1. The van der Waals surface area contributed by atoms with E-state index in [0.717, 1.165) is 19.3 Å². The highest BCUT2D eigenvalue weighted by Gasteiger charge is 2.13. The molecule has 0 radical (unpaired) electrons. The van der Waals surface area contributed by atoms with Crippen LogP contribution in [0.4, 0.5) is 0 Å². The van der Waals surface area contributed by atoms with Crippen molar-refractivity contribution in [1.82, 2.24) is 5.32 Å². The Morgan fingerprint density at radius 2 is 2.00 bits per heavy atom. The number of benzene rings is 1. The van der Waals surface area contributed by atoms with Crippen LogP contribution in [0.25, 0.3) is 0 Å². The normalized spacial score (nSPS) is 11.4. The van der Waals surface area contributed by atoms with E-state index in [1.165, 1.54) is 12.1 Å². The quantitative estimate of drug-likeness (QED) is 0.671. The zero-order chi connectivity index (χ0) is 15.9. The maximum Gasteiger partial charge on any atom is 0.251 e. The molecule has 0 aliphatic heterocycles. The van der Waals surface area contributed by atoms with Gasteiger partial charge in [-0.2, -0.15) is 0 Å². The first-order chi connectivity index (χ1) is 9.84. The number of sulfonamides is 1. The van der Waals surface area contributed by atoms with Crippen molar-refractivity contribution in [2.24, 2.45) is 5.14 Å². The van der Waals surface area contributed by atoms with Crippen LogP contribution in [0.5, 0.6) is 0 Å². The van der Waals surface area contributed by atoms with Gasteiger partial charge in [-0.05, 0) is 37.5 Å². The maximum absolute atomic E-state index is 12.0. The van der Waals surface area contributed by atoms with Gasteiger partial charge in [0.1, 0.15) is 0 Å². The van der Waals surface area contributed by atoms with Crippen molar-refractivity contribution in [1.29, 1.82) is 0 Å². The molecule has 0 fully saturated rings. The predicted octanol–water partition coefficient (Wildman–Crippen LogP) is 1.64. The summed E-state index contributed by atoms with van der Waals surface area (Å²) in [5, 5.41) is 7.82. The van der Waals surface area contributed by atoms with Gasteiger partial charge in [-0.1, -0.05) is 15.9 Å². The fourth-order valence-corrected chi connectivity index (χ4v) is 2.94. The molecule has 1 rings (SSSR count).